The number of carbonyl (C=O) groups excluding carboxylic acids is 1. The third-order valence-corrected chi connectivity index (χ3v) is 8.75. The van der Waals surface area contributed by atoms with Crippen LogP contribution in [0.1, 0.15) is 56.0 Å². The van der Waals surface area contributed by atoms with E-state index in [4.69, 9.17) is 9.82 Å². The fourth-order valence-corrected chi connectivity index (χ4v) is 6.88. The monoisotopic (exact) mass is 459 g/mol. The lowest BCUT2D eigenvalue weighted by atomic mass is 9.93. The standard InChI is InChI=1S/C22H29N5O2S2/c1-2-19-27(29-21(28)26-10-4-3-5-11-26)22(14-31-19,18-7-6-12-30-18)20-17(13-23-15-24-20)25-16-8-9-16/h6-7,12-13,15-16,19,25H,2-5,8-11,14H2,1H3. The molecule has 0 radical (unpaired) electrons. The summed E-state index contributed by atoms with van der Waals surface area (Å²) >= 11 is 3.52. The molecule has 0 spiro atoms. The highest BCUT2D eigenvalue weighted by molar-refractivity contribution is 8.00. The highest BCUT2D eigenvalue weighted by atomic mass is 32.2. The van der Waals surface area contributed by atoms with Gasteiger partial charge in [-0.1, -0.05) is 13.0 Å². The molecule has 9 heteroatoms. The fourth-order valence-electron chi connectivity index (χ4n) is 4.43. The third-order valence-electron chi connectivity index (χ3n) is 6.23. The van der Waals surface area contributed by atoms with Gasteiger partial charge in [0.2, 0.25) is 0 Å². The molecule has 1 N–H and O–H groups in total. The second kappa shape index (κ2) is 8.96. The predicted octanol–water partition coefficient (Wildman–Crippen LogP) is 4.68. The molecule has 166 valence electrons. The van der Waals surface area contributed by atoms with Crippen LogP contribution in [0.4, 0.5) is 10.5 Å². The van der Waals surface area contributed by atoms with Crippen molar-refractivity contribution < 1.29 is 9.63 Å². The molecule has 2 unspecified atom stereocenters. The molecule has 5 rings (SSSR count). The molecule has 0 bridgehead atoms. The molecular weight excluding hydrogens is 430 g/mol. The first-order chi connectivity index (χ1) is 15.2. The summed E-state index contributed by atoms with van der Waals surface area (Å²) in [6.45, 7) is 3.68. The lowest BCUT2D eigenvalue weighted by Crippen LogP contribution is -2.51. The first kappa shape index (κ1) is 21.0. The minimum atomic E-state index is -0.634. The minimum absolute atomic E-state index is 0.0691. The maximum atomic E-state index is 13.2. The molecule has 4 heterocycles. The van der Waals surface area contributed by atoms with Crippen molar-refractivity contribution in [2.24, 2.45) is 0 Å². The summed E-state index contributed by atoms with van der Waals surface area (Å²) in [4.78, 5) is 31.5. The van der Waals surface area contributed by atoms with Crippen molar-refractivity contribution in [2.45, 2.75) is 62.4 Å². The van der Waals surface area contributed by atoms with Crippen molar-refractivity contribution >= 4 is 34.9 Å². The number of nitrogens with one attached hydrogen (secondary N) is 1. The number of piperidine rings is 1. The van der Waals surface area contributed by atoms with Crippen LogP contribution in [0, 0.1) is 0 Å². The third kappa shape index (κ3) is 4.03. The van der Waals surface area contributed by atoms with Crippen molar-refractivity contribution in [3.05, 3.63) is 40.6 Å². The zero-order chi connectivity index (χ0) is 21.3. The molecule has 7 nitrogen and oxygen atoms in total. The largest absolute Gasteiger partial charge is 0.429 e. The molecule has 0 aromatic carbocycles. The quantitative estimate of drug-likeness (QED) is 0.673. The number of hydroxylamine groups is 2. The molecule has 1 saturated carbocycles. The van der Waals surface area contributed by atoms with Crippen LogP contribution in [0.15, 0.2) is 30.0 Å². The normalized spacial score (nSPS) is 26.7. The summed E-state index contributed by atoms with van der Waals surface area (Å²) < 4.78 is 0. The lowest BCUT2D eigenvalue weighted by Gasteiger charge is -2.39. The van der Waals surface area contributed by atoms with E-state index in [-0.39, 0.29) is 11.5 Å². The molecule has 3 fully saturated rings. The van der Waals surface area contributed by atoms with E-state index in [1.807, 2.05) is 27.9 Å². The first-order valence-corrected chi connectivity index (χ1v) is 13.1. The average molecular weight is 460 g/mol. The van der Waals surface area contributed by atoms with Gasteiger partial charge in [0.1, 0.15) is 11.9 Å². The molecule has 2 aliphatic heterocycles. The molecule has 2 saturated heterocycles. The van der Waals surface area contributed by atoms with E-state index in [1.165, 1.54) is 19.3 Å². The Morgan fingerprint density at radius 1 is 1.32 bits per heavy atom. The zero-order valence-corrected chi connectivity index (χ0v) is 19.5. The summed E-state index contributed by atoms with van der Waals surface area (Å²) in [7, 11) is 0. The van der Waals surface area contributed by atoms with Gasteiger partial charge in [-0.25, -0.2) is 14.8 Å². The maximum Gasteiger partial charge on any atom is 0.429 e. The maximum absolute atomic E-state index is 13.2. The summed E-state index contributed by atoms with van der Waals surface area (Å²) in [6.07, 6.45) is 9.70. The van der Waals surface area contributed by atoms with Gasteiger partial charge < -0.3 is 15.1 Å². The van der Waals surface area contributed by atoms with Gasteiger partial charge in [0.05, 0.1) is 23.0 Å². The van der Waals surface area contributed by atoms with Gasteiger partial charge in [-0.05, 0) is 50.0 Å². The SMILES string of the molecule is CCC1SCC(c2cccs2)(c2ncncc2NC2CC2)N1OC(=O)N1CCCCC1. The van der Waals surface area contributed by atoms with E-state index >= 15 is 0 Å². The summed E-state index contributed by atoms with van der Waals surface area (Å²) in [5, 5.41) is 7.71. The Hall–Kier alpha value is -1.84. The van der Waals surface area contributed by atoms with Gasteiger partial charge >= 0.3 is 6.09 Å². The van der Waals surface area contributed by atoms with E-state index < -0.39 is 5.54 Å². The van der Waals surface area contributed by atoms with Gasteiger partial charge in [-0.15, -0.1) is 28.2 Å². The van der Waals surface area contributed by atoms with Crippen LogP contribution >= 0.6 is 23.1 Å². The Labute approximate surface area is 191 Å². The second-order valence-corrected chi connectivity index (χ2v) is 10.6. The second-order valence-electron chi connectivity index (χ2n) is 8.45. The zero-order valence-electron chi connectivity index (χ0n) is 17.8. The Morgan fingerprint density at radius 3 is 2.87 bits per heavy atom. The number of amides is 1. The molecule has 3 aliphatic rings. The highest BCUT2D eigenvalue weighted by Gasteiger charge is 2.55. The number of hydrogen-bond donors (Lipinski definition) is 1. The van der Waals surface area contributed by atoms with Crippen molar-refractivity contribution in [3.63, 3.8) is 0 Å². The minimum Gasteiger partial charge on any atom is -0.380 e. The summed E-state index contributed by atoms with van der Waals surface area (Å²) in [5.41, 5.74) is 1.20. The molecule has 1 aliphatic carbocycles. The van der Waals surface area contributed by atoms with Gasteiger partial charge in [-0.3, -0.25) is 0 Å². The number of anilines is 1. The van der Waals surface area contributed by atoms with Crippen LogP contribution in [0.3, 0.4) is 0 Å². The average Bonchev–Trinajstić information content (AvgIpc) is 3.31. The molecule has 2 atom stereocenters. The molecule has 2 aromatic heterocycles. The number of hydrogen-bond acceptors (Lipinski definition) is 8. The van der Waals surface area contributed by atoms with Crippen LogP contribution in [0.5, 0.6) is 0 Å². The van der Waals surface area contributed by atoms with Crippen molar-refractivity contribution in [1.82, 2.24) is 19.9 Å². The van der Waals surface area contributed by atoms with Crippen LogP contribution in [0.2, 0.25) is 0 Å². The van der Waals surface area contributed by atoms with Crippen LogP contribution in [0.25, 0.3) is 0 Å². The van der Waals surface area contributed by atoms with E-state index in [0.29, 0.717) is 6.04 Å². The lowest BCUT2D eigenvalue weighted by molar-refractivity contribution is -0.168. The van der Waals surface area contributed by atoms with Crippen LogP contribution in [-0.4, -0.2) is 56.3 Å². The number of carbonyl (C=O) groups is 1. The van der Waals surface area contributed by atoms with E-state index in [1.54, 1.807) is 17.7 Å². The number of thioether (sulfide) groups is 1. The smallest absolute Gasteiger partial charge is 0.380 e. The number of rotatable bonds is 6. The summed E-state index contributed by atoms with van der Waals surface area (Å²) in [6, 6.07) is 4.67. The molecular formula is C22H29N5O2S2. The van der Waals surface area contributed by atoms with E-state index in [9.17, 15) is 4.79 Å². The van der Waals surface area contributed by atoms with Crippen molar-refractivity contribution in [1.29, 1.82) is 0 Å². The van der Waals surface area contributed by atoms with Crippen LogP contribution in [-0.2, 0) is 10.4 Å². The number of likely N-dealkylation sites (tertiary alicyclic amines) is 1. The molecule has 31 heavy (non-hydrogen) atoms. The van der Waals surface area contributed by atoms with Gasteiger partial charge in [0.15, 0.2) is 0 Å². The van der Waals surface area contributed by atoms with Gasteiger partial charge in [0, 0.05) is 29.8 Å². The predicted molar refractivity (Wildman–Crippen MR) is 124 cm³/mol. The Morgan fingerprint density at radius 2 is 2.16 bits per heavy atom. The number of nitrogens with zero attached hydrogens (tertiary/aromatic N) is 4. The Kier molecular flexibility index (Phi) is 6.08. The highest BCUT2D eigenvalue weighted by Crippen LogP contribution is 2.52. The van der Waals surface area contributed by atoms with Crippen molar-refractivity contribution in [2.75, 3.05) is 24.2 Å². The topological polar surface area (TPSA) is 70.6 Å². The molecule has 2 aromatic rings. The van der Waals surface area contributed by atoms with Gasteiger partial charge in [-0.2, -0.15) is 0 Å². The first-order valence-electron chi connectivity index (χ1n) is 11.2. The van der Waals surface area contributed by atoms with E-state index in [2.05, 4.69) is 34.7 Å². The Bertz CT molecular complexity index is 901. The van der Waals surface area contributed by atoms with Crippen LogP contribution < -0.4 is 5.32 Å². The van der Waals surface area contributed by atoms with E-state index in [0.717, 1.165) is 54.4 Å². The summed E-state index contributed by atoms with van der Waals surface area (Å²) in [5.74, 6) is 0.773. The number of aromatic nitrogens is 2. The fraction of sp³-hybridized carbons (Fsp3) is 0.591. The Balaban J connectivity index is 1.55. The van der Waals surface area contributed by atoms with Gasteiger partial charge in [0.25, 0.3) is 0 Å². The molecule has 1 amide bonds. The van der Waals surface area contributed by atoms with Crippen molar-refractivity contribution in [3.8, 4) is 0 Å². The number of thiophene rings is 1.